The second-order valence-corrected chi connectivity index (χ2v) is 5.08. The van der Waals surface area contributed by atoms with Gasteiger partial charge in [-0.15, -0.1) is 0 Å². The van der Waals surface area contributed by atoms with E-state index in [2.05, 4.69) is 5.32 Å². The zero-order valence-corrected chi connectivity index (χ0v) is 10.4. The average molecular weight is 233 g/mol. The molecule has 0 aromatic heterocycles. The van der Waals surface area contributed by atoms with E-state index in [4.69, 9.17) is 0 Å². The van der Waals surface area contributed by atoms with Crippen molar-refractivity contribution in [2.24, 2.45) is 0 Å². The molecule has 0 aliphatic heterocycles. The second kappa shape index (κ2) is 4.49. The van der Waals surface area contributed by atoms with Gasteiger partial charge in [-0.25, -0.2) is 0 Å². The van der Waals surface area contributed by atoms with Gasteiger partial charge in [0.1, 0.15) is 0 Å². The number of aliphatic hydroxyl groups is 1. The van der Waals surface area contributed by atoms with Crippen LogP contribution in [0.1, 0.15) is 40.7 Å². The van der Waals surface area contributed by atoms with Crippen LogP contribution in [0.4, 0.5) is 0 Å². The summed E-state index contributed by atoms with van der Waals surface area (Å²) in [6.07, 6.45) is 2.64. The Hall–Kier alpha value is -1.35. The standard InChI is InChI=1S/C14H19NO2/c1-10-4-5-12(11(2)8-10)13(16)15-9-14(17)6-3-7-14/h4-5,8,17H,3,6-7,9H2,1-2H3,(H,15,16). The minimum Gasteiger partial charge on any atom is -0.388 e. The summed E-state index contributed by atoms with van der Waals surface area (Å²) < 4.78 is 0. The van der Waals surface area contributed by atoms with Crippen molar-refractivity contribution in [1.29, 1.82) is 0 Å². The summed E-state index contributed by atoms with van der Waals surface area (Å²) >= 11 is 0. The lowest BCUT2D eigenvalue weighted by Gasteiger charge is -2.36. The van der Waals surface area contributed by atoms with Crippen LogP contribution in [0.15, 0.2) is 18.2 Å². The van der Waals surface area contributed by atoms with E-state index in [-0.39, 0.29) is 5.91 Å². The number of carbonyl (C=O) groups is 1. The highest BCUT2D eigenvalue weighted by Gasteiger charge is 2.34. The zero-order valence-electron chi connectivity index (χ0n) is 10.4. The molecule has 1 saturated carbocycles. The van der Waals surface area contributed by atoms with E-state index >= 15 is 0 Å². The maximum Gasteiger partial charge on any atom is 0.251 e. The number of aryl methyl sites for hydroxylation is 2. The van der Waals surface area contributed by atoms with Gasteiger partial charge in [0.15, 0.2) is 0 Å². The number of hydrogen-bond acceptors (Lipinski definition) is 2. The molecule has 3 heteroatoms. The van der Waals surface area contributed by atoms with Crippen LogP contribution in [0.5, 0.6) is 0 Å². The molecule has 1 fully saturated rings. The minimum atomic E-state index is -0.658. The molecule has 0 bridgehead atoms. The molecule has 0 heterocycles. The molecule has 1 aliphatic carbocycles. The Bertz CT molecular complexity index is 436. The van der Waals surface area contributed by atoms with Crippen LogP contribution in [0.2, 0.25) is 0 Å². The predicted octanol–water partition coefficient (Wildman–Crippen LogP) is 1.95. The smallest absolute Gasteiger partial charge is 0.251 e. The Morgan fingerprint density at radius 3 is 2.65 bits per heavy atom. The van der Waals surface area contributed by atoms with Gasteiger partial charge in [-0.3, -0.25) is 4.79 Å². The molecule has 1 aliphatic rings. The number of rotatable bonds is 3. The van der Waals surface area contributed by atoms with Gasteiger partial charge in [-0.05, 0) is 44.7 Å². The SMILES string of the molecule is Cc1ccc(C(=O)NCC2(O)CCC2)c(C)c1. The molecule has 1 amide bonds. The van der Waals surface area contributed by atoms with Crippen molar-refractivity contribution in [2.45, 2.75) is 38.7 Å². The van der Waals surface area contributed by atoms with E-state index in [1.54, 1.807) is 0 Å². The van der Waals surface area contributed by atoms with Gasteiger partial charge in [-0.1, -0.05) is 17.7 Å². The highest BCUT2D eigenvalue weighted by atomic mass is 16.3. The molecule has 92 valence electrons. The summed E-state index contributed by atoms with van der Waals surface area (Å²) in [5.74, 6) is -0.0946. The van der Waals surface area contributed by atoms with Gasteiger partial charge in [0.25, 0.3) is 5.91 Å². The van der Waals surface area contributed by atoms with Crippen LogP contribution < -0.4 is 5.32 Å². The van der Waals surface area contributed by atoms with Gasteiger partial charge < -0.3 is 10.4 Å². The fourth-order valence-corrected chi connectivity index (χ4v) is 2.17. The van der Waals surface area contributed by atoms with Crippen molar-refractivity contribution >= 4 is 5.91 Å². The summed E-state index contributed by atoms with van der Waals surface area (Å²) in [5.41, 5.74) is 2.16. The molecule has 2 N–H and O–H groups in total. The third-order valence-electron chi connectivity index (χ3n) is 3.49. The second-order valence-electron chi connectivity index (χ2n) is 5.08. The number of carbonyl (C=O) groups excluding carboxylic acids is 1. The topological polar surface area (TPSA) is 49.3 Å². The third-order valence-corrected chi connectivity index (χ3v) is 3.49. The van der Waals surface area contributed by atoms with Crippen molar-refractivity contribution in [2.75, 3.05) is 6.54 Å². The molecule has 17 heavy (non-hydrogen) atoms. The largest absolute Gasteiger partial charge is 0.388 e. The Kier molecular flexibility index (Phi) is 3.20. The fraction of sp³-hybridized carbons (Fsp3) is 0.500. The molecule has 0 radical (unpaired) electrons. The first-order valence-corrected chi connectivity index (χ1v) is 6.08. The summed E-state index contributed by atoms with van der Waals surface area (Å²) in [6.45, 7) is 4.30. The number of hydrogen-bond donors (Lipinski definition) is 2. The van der Waals surface area contributed by atoms with Gasteiger partial charge in [-0.2, -0.15) is 0 Å². The molecule has 1 aromatic carbocycles. The number of benzene rings is 1. The van der Waals surface area contributed by atoms with Gasteiger partial charge in [0.05, 0.1) is 5.60 Å². The number of nitrogens with one attached hydrogen (secondary N) is 1. The lowest BCUT2D eigenvalue weighted by atomic mass is 9.80. The molecule has 3 nitrogen and oxygen atoms in total. The van der Waals surface area contributed by atoms with Crippen LogP contribution >= 0.6 is 0 Å². The molecule has 0 atom stereocenters. The molecule has 2 rings (SSSR count). The fourth-order valence-electron chi connectivity index (χ4n) is 2.17. The normalized spacial score (nSPS) is 17.4. The van der Waals surface area contributed by atoms with Crippen molar-refractivity contribution in [3.8, 4) is 0 Å². The van der Waals surface area contributed by atoms with E-state index in [9.17, 15) is 9.90 Å². The van der Waals surface area contributed by atoms with Crippen molar-refractivity contribution in [3.63, 3.8) is 0 Å². The predicted molar refractivity (Wildman–Crippen MR) is 67.1 cm³/mol. The van der Waals surface area contributed by atoms with Crippen LogP contribution in [0.3, 0.4) is 0 Å². The number of amides is 1. The summed E-state index contributed by atoms with van der Waals surface area (Å²) in [4.78, 5) is 11.9. The molecule has 0 unspecified atom stereocenters. The minimum absolute atomic E-state index is 0.0946. The third kappa shape index (κ3) is 2.67. The lowest BCUT2D eigenvalue weighted by molar-refractivity contribution is -0.0300. The first-order chi connectivity index (χ1) is 8.00. The quantitative estimate of drug-likeness (QED) is 0.838. The monoisotopic (exact) mass is 233 g/mol. The van der Waals surface area contributed by atoms with E-state index in [0.29, 0.717) is 12.1 Å². The van der Waals surface area contributed by atoms with E-state index < -0.39 is 5.60 Å². The Morgan fingerprint density at radius 1 is 1.41 bits per heavy atom. The first-order valence-electron chi connectivity index (χ1n) is 6.08. The van der Waals surface area contributed by atoms with Crippen molar-refractivity contribution < 1.29 is 9.90 Å². The van der Waals surface area contributed by atoms with Crippen LogP contribution in [-0.2, 0) is 0 Å². The average Bonchev–Trinajstić information content (AvgIpc) is 2.23. The summed E-state index contributed by atoms with van der Waals surface area (Å²) in [7, 11) is 0. The van der Waals surface area contributed by atoms with Gasteiger partial charge in [0, 0.05) is 12.1 Å². The summed E-state index contributed by atoms with van der Waals surface area (Å²) in [6, 6.07) is 5.76. The molecular formula is C14H19NO2. The highest BCUT2D eigenvalue weighted by Crippen LogP contribution is 2.30. The van der Waals surface area contributed by atoms with Crippen molar-refractivity contribution in [3.05, 3.63) is 34.9 Å². The van der Waals surface area contributed by atoms with Crippen LogP contribution in [0, 0.1) is 13.8 Å². The van der Waals surface area contributed by atoms with Gasteiger partial charge >= 0.3 is 0 Å². The maximum atomic E-state index is 11.9. The Balaban J connectivity index is 1.99. The highest BCUT2D eigenvalue weighted by molar-refractivity contribution is 5.95. The Labute approximate surface area is 102 Å². The molecule has 0 spiro atoms. The zero-order chi connectivity index (χ0) is 12.5. The van der Waals surface area contributed by atoms with Crippen LogP contribution in [-0.4, -0.2) is 23.2 Å². The van der Waals surface area contributed by atoms with E-state index in [1.165, 1.54) is 0 Å². The molecular weight excluding hydrogens is 214 g/mol. The van der Waals surface area contributed by atoms with Crippen LogP contribution in [0.25, 0.3) is 0 Å². The maximum absolute atomic E-state index is 11.9. The first kappa shape index (κ1) is 12.1. The lowest BCUT2D eigenvalue weighted by Crippen LogP contribution is -2.47. The van der Waals surface area contributed by atoms with Crippen molar-refractivity contribution in [1.82, 2.24) is 5.32 Å². The van der Waals surface area contributed by atoms with E-state index in [0.717, 1.165) is 30.4 Å². The molecule has 0 saturated heterocycles. The summed E-state index contributed by atoms with van der Waals surface area (Å²) in [5, 5.41) is 12.7. The molecule has 1 aromatic rings. The van der Waals surface area contributed by atoms with Gasteiger partial charge in [0.2, 0.25) is 0 Å². The van der Waals surface area contributed by atoms with E-state index in [1.807, 2.05) is 32.0 Å². The Morgan fingerprint density at radius 2 is 2.12 bits per heavy atom.